The van der Waals surface area contributed by atoms with Gasteiger partial charge < -0.3 is 88.7 Å². The van der Waals surface area contributed by atoms with E-state index in [0.29, 0.717) is 38.5 Å². The number of carbonyl (C=O) groups excluding carboxylic acids is 4. The Morgan fingerprint density at radius 1 is 0.331 bits per heavy atom. The van der Waals surface area contributed by atoms with Gasteiger partial charge in [0, 0.05) is 25.7 Å². The zero-order valence-corrected chi connectivity index (χ0v) is 74.9. The first-order valence-electron chi connectivity index (χ1n) is 47.9. The number of phosphoric ester groups is 1. The standard InChI is InChI=1S/C92H171O25P/c1-5-9-13-17-21-25-29-33-36-39-43-47-51-55-59-63-67-78(97)114-87-83(102)84(103)88(115-91-85(104)81(100)79(98)73(68-93)112-91)90(89(87)116-92-86(105)82(101)80(99)74(113-92)71-109-76(95)65-61-57-53-49-45-42-38-35-31-27-23-19-15-11-7-3)117-118(106,107)110-70-72(111-77(96)66-62-58-54-50-46-40-32-28-24-20-16-12-8-4)69-108-75(94)64-60-56-52-48-44-41-37-34-30-26-22-18-14-10-6-2/h40,46,72-74,79-93,98-105H,5-39,41-45,47-71H2,1-4H3,(H,106,107)/b46-40-. The van der Waals surface area contributed by atoms with Gasteiger partial charge in [0.25, 0.3) is 0 Å². The number of hydrogen-bond acceptors (Lipinski definition) is 24. The van der Waals surface area contributed by atoms with Crippen LogP contribution in [0.5, 0.6) is 0 Å². The molecule has 0 aromatic rings. The van der Waals surface area contributed by atoms with Crippen molar-refractivity contribution < 1.29 is 122 Å². The molecule has 1 aliphatic carbocycles. The summed E-state index contributed by atoms with van der Waals surface area (Å²) in [4.78, 5) is 66.5. The number of carbonyl (C=O) groups is 4. The lowest BCUT2D eigenvalue weighted by Crippen LogP contribution is -2.70. The molecule has 694 valence electrons. The second-order valence-corrected chi connectivity index (χ2v) is 35.6. The molecule has 2 aliphatic heterocycles. The van der Waals surface area contributed by atoms with E-state index >= 15 is 0 Å². The molecule has 0 spiro atoms. The van der Waals surface area contributed by atoms with E-state index in [1.807, 2.05) is 0 Å². The first kappa shape index (κ1) is 109. The molecule has 10 N–H and O–H groups in total. The predicted octanol–water partition coefficient (Wildman–Crippen LogP) is 17.9. The molecule has 3 aliphatic rings. The lowest BCUT2D eigenvalue weighted by atomic mass is 9.84. The third kappa shape index (κ3) is 51.0. The van der Waals surface area contributed by atoms with Gasteiger partial charge in [0.15, 0.2) is 24.8 Å². The SMILES string of the molecule is CCCCCCCC/C=C\CCCCCC(=O)OC(COC(=O)CCCCCCCCCCCCCCCCC)COP(=O)(O)OC1C(OC2OC(CO)C(O)C(O)C2O)C(O)C(O)C(OC(=O)CCCCCCCCCCCCCCCCCC)C1OC1OC(COC(=O)CCCCCCCCCCCCCCCCC)C(O)C(O)C1O. The van der Waals surface area contributed by atoms with Gasteiger partial charge in [-0.2, -0.15) is 0 Å². The smallest absolute Gasteiger partial charge is 0.463 e. The van der Waals surface area contributed by atoms with Crippen molar-refractivity contribution in [3.63, 3.8) is 0 Å². The summed E-state index contributed by atoms with van der Waals surface area (Å²) in [6, 6.07) is 0. The zero-order valence-electron chi connectivity index (χ0n) is 74.0. The maximum absolute atomic E-state index is 14.9. The van der Waals surface area contributed by atoms with Gasteiger partial charge in [-0.1, -0.05) is 354 Å². The van der Waals surface area contributed by atoms with Crippen molar-refractivity contribution in [3.8, 4) is 0 Å². The van der Waals surface area contributed by atoms with Gasteiger partial charge in [0.2, 0.25) is 0 Å². The Balaban J connectivity index is 1.91. The van der Waals surface area contributed by atoms with Crippen molar-refractivity contribution in [1.82, 2.24) is 0 Å². The third-order valence-electron chi connectivity index (χ3n) is 23.5. The molecule has 18 atom stereocenters. The highest BCUT2D eigenvalue weighted by Gasteiger charge is 2.60. The monoisotopic (exact) mass is 1710 g/mol. The fourth-order valence-electron chi connectivity index (χ4n) is 15.9. The Bertz CT molecular complexity index is 2500. The van der Waals surface area contributed by atoms with Gasteiger partial charge in [0.1, 0.15) is 92.6 Å². The van der Waals surface area contributed by atoms with Crippen molar-refractivity contribution in [2.45, 2.75) is 524 Å². The molecule has 3 fully saturated rings. The lowest BCUT2D eigenvalue weighted by molar-refractivity contribution is -0.360. The van der Waals surface area contributed by atoms with E-state index in [1.54, 1.807) is 0 Å². The van der Waals surface area contributed by atoms with Crippen molar-refractivity contribution in [2.75, 3.05) is 26.4 Å². The predicted molar refractivity (Wildman–Crippen MR) is 458 cm³/mol. The Morgan fingerprint density at radius 2 is 0.636 bits per heavy atom. The molecule has 0 radical (unpaired) electrons. The van der Waals surface area contributed by atoms with E-state index in [4.69, 9.17) is 46.9 Å². The van der Waals surface area contributed by atoms with Crippen LogP contribution in [0.25, 0.3) is 0 Å². The average molecular weight is 1710 g/mol. The number of hydrogen-bond donors (Lipinski definition) is 10. The lowest BCUT2D eigenvalue weighted by Gasteiger charge is -2.50. The minimum atomic E-state index is -5.81. The van der Waals surface area contributed by atoms with Crippen LogP contribution in [-0.4, -0.2) is 205 Å². The number of rotatable bonds is 78. The van der Waals surface area contributed by atoms with Gasteiger partial charge in [0.05, 0.1) is 13.2 Å². The number of phosphoric acid groups is 1. The van der Waals surface area contributed by atoms with E-state index in [9.17, 15) is 74.6 Å². The van der Waals surface area contributed by atoms with E-state index in [1.165, 1.54) is 205 Å². The van der Waals surface area contributed by atoms with Crippen LogP contribution in [0.1, 0.15) is 419 Å². The number of ether oxygens (including phenoxy) is 8. The summed E-state index contributed by atoms with van der Waals surface area (Å²) in [5, 5.41) is 102. The Kier molecular flexibility index (Phi) is 66.2. The van der Waals surface area contributed by atoms with Crippen molar-refractivity contribution in [1.29, 1.82) is 0 Å². The normalized spacial score (nSPS) is 24.9. The van der Waals surface area contributed by atoms with Gasteiger partial charge in [-0.3, -0.25) is 28.2 Å². The number of aliphatic hydroxyl groups is 9. The van der Waals surface area contributed by atoms with Crippen LogP contribution < -0.4 is 0 Å². The molecule has 0 amide bonds. The first-order valence-corrected chi connectivity index (χ1v) is 49.4. The van der Waals surface area contributed by atoms with E-state index in [2.05, 4.69) is 39.8 Å². The van der Waals surface area contributed by atoms with E-state index < -0.39 is 162 Å². The molecule has 0 aromatic heterocycles. The molecule has 2 saturated heterocycles. The summed E-state index contributed by atoms with van der Waals surface area (Å²) in [7, 11) is -5.81. The highest BCUT2D eigenvalue weighted by atomic mass is 31.2. The molecule has 0 bridgehead atoms. The van der Waals surface area contributed by atoms with Gasteiger partial charge in [-0.15, -0.1) is 0 Å². The topological polar surface area (TPSA) is 380 Å². The summed E-state index contributed by atoms with van der Waals surface area (Å²) in [5.41, 5.74) is 0. The van der Waals surface area contributed by atoms with Crippen molar-refractivity contribution >= 4 is 31.7 Å². The van der Waals surface area contributed by atoms with Gasteiger partial charge in [-0.25, -0.2) is 4.57 Å². The number of aliphatic hydroxyl groups excluding tert-OH is 9. The quantitative estimate of drug-likeness (QED) is 0.00889. The van der Waals surface area contributed by atoms with Crippen molar-refractivity contribution in [2.24, 2.45) is 0 Å². The Hall–Kier alpha value is -2.79. The maximum atomic E-state index is 14.9. The molecule has 18 unspecified atom stereocenters. The minimum Gasteiger partial charge on any atom is -0.463 e. The first-order chi connectivity index (χ1) is 57.2. The second kappa shape index (κ2) is 71.4. The number of allylic oxidation sites excluding steroid dienone is 2. The van der Waals surface area contributed by atoms with Gasteiger partial charge in [-0.05, 0) is 51.4 Å². The summed E-state index contributed by atoms with van der Waals surface area (Å²) in [6.45, 7) is 5.61. The van der Waals surface area contributed by atoms with Crippen LogP contribution in [0.3, 0.4) is 0 Å². The van der Waals surface area contributed by atoms with Crippen LogP contribution in [0.4, 0.5) is 0 Å². The summed E-state index contributed by atoms with van der Waals surface area (Å²) in [6.07, 6.45) is 30.5. The van der Waals surface area contributed by atoms with E-state index in [-0.39, 0.29) is 25.7 Å². The molecule has 3 rings (SSSR count). The molecular weight excluding hydrogens is 1540 g/mol. The fraction of sp³-hybridized carbons (Fsp3) is 0.935. The highest BCUT2D eigenvalue weighted by molar-refractivity contribution is 7.47. The molecule has 118 heavy (non-hydrogen) atoms. The van der Waals surface area contributed by atoms with E-state index in [0.717, 1.165) is 122 Å². The molecule has 2 heterocycles. The van der Waals surface area contributed by atoms with Crippen molar-refractivity contribution in [3.05, 3.63) is 12.2 Å². The molecule has 26 heteroatoms. The van der Waals surface area contributed by atoms with Gasteiger partial charge >= 0.3 is 31.7 Å². The zero-order chi connectivity index (χ0) is 86.1. The minimum absolute atomic E-state index is 0.0185. The van der Waals surface area contributed by atoms with Crippen LogP contribution in [-0.2, 0) is 70.7 Å². The third-order valence-corrected chi connectivity index (χ3v) is 24.5. The molecular formula is C92H171O25P. The van der Waals surface area contributed by atoms with Crippen LogP contribution in [0, 0.1) is 0 Å². The molecule has 0 aromatic carbocycles. The van der Waals surface area contributed by atoms with Crippen LogP contribution in [0.15, 0.2) is 12.2 Å². The van der Waals surface area contributed by atoms with Crippen LogP contribution in [0.2, 0.25) is 0 Å². The Morgan fingerprint density at radius 3 is 1.02 bits per heavy atom. The maximum Gasteiger partial charge on any atom is 0.472 e. The molecule has 1 saturated carbocycles. The number of esters is 4. The summed E-state index contributed by atoms with van der Waals surface area (Å²) in [5.74, 6) is -2.97. The average Bonchev–Trinajstić information content (AvgIpc) is 0.755. The Labute approximate surface area is 712 Å². The largest absolute Gasteiger partial charge is 0.472 e. The summed E-state index contributed by atoms with van der Waals surface area (Å²) >= 11 is 0. The van der Waals surface area contributed by atoms with Crippen LogP contribution >= 0.6 is 7.82 Å². The molecule has 25 nitrogen and oxygen atoms in total. The highest BCUT2D eigenvalue weighted by Crippen LogP contribution is 2.49. The second-order valence-electron chi connectivity index (χ2n) is 34.2. The number of unbranched alkanes of at least 4 members (excludes halogenated alkanes) is 52. The fourth-order valence-corrected chi connectivity index (χ4v) is 16.9. The summed E-state index contributed by atoms with van der Waals surface area (Å²) < 4.78 is 73.5.